The molecule has 0 atom stereocenters. The summed E-state index contributed by atoms with van der Waals surface area (Å²) in [6.45, 7) is 4.77. The third-order valence-electron chi connectivity index (χ3n) is 2.25. The van der Waals surface area contributed by atoms with Gasteiger partial charge >= 0.3 is 5.97 Å². The molecule has 0 aromatic rings. The normalized spacial score (nSPS) is 16.7. The Bertz CT molecular complexity index is 234. The molecule has 0 bridgehead atoms. The molecule has 0 aromatic carbocycles. The van der Waals surface area contributed by atoms with E-state index in [1.807, 2.05) is 0 Å². The van der Waals surface area contributed by atoms with Gasteiger partial charge in [0.2, 0.25) is 0 Å². The number of ether oxygens (including phenoxy) is 1. The van der Waals surface area contributed by atoms with Crippen molar-refractivity contribution in [1.29, 1.82) is 0 Å². The summed E-state index contributed by atoms with van der Waals surface area (Å²) in [4.78, 5) is 10.3. The summed E-state index contributed by atoms with van der Waals surface area (Å²) >= 11 is 0. The van der Waals surface area contributed by atoms with Gasteiger partial charge in [-0.05, 0) is 25.7 Å². The summed E-state index contributed by atoms with van der Waals surface area (Å²) in [6, 6.07) is 0. The van der Waals surface area contributed by atoms with E-state index in [9.17, 15) is 4.79 Å². The molecule has 86 valence electrons. The van der Waals surface area contributed by atoms with Crippen LogP contribution in [0.1, 0.15) is 19.8 Å². The molecule has 0 aromatic heterocycles. The van der Waals surface area contributed by atoms with Gasteiger partial charge in [-0.3, -0.25) is 0 Å². The zero-order chi connectivity index (χ0) is 11.1. The van der Waals surface area contributed by atoms with Gasteiger partial charge in [-0.2, -0.15) is 0 Å². The molecule has 2 N–H and O–H groups in total. The maximum atomic E-state index is 10.3. The predicted molar refractivity (Wildman–Crippen MR) is 57.8 cm³/mol. The molecule has 1 aliphatic carbocycles. The number of hydrogen-bond acceptors (Lipinski definition) is 3. The second-order valence-corrected chi connectivity index (χ2v) is 4.02. The maximum absolute atomic E-state index is 10.3. The Hall–Kier alpha value is -0.870. The summed E-state index contributed by atoms with van der Waals surface area (Å²) in [6.07, 6.45) is 3.85. The lowest BCUT2D eigenvalue weighted by molar-refractivity contribution is -0.131. The van der Waals surface area contributed by atoms with E-state index in [2.05, 4.69) is 5.32 Å². The van der Waals surface area contributed by atoms with Crippen molar-refractivity contribution in [1.82, 2.24) is 5.32 Å². The summed E-state index contributed by atoms with van der Waals surface area (Å²) in [5.74, 6) is -0.0853. The minimum atomic E-state index is -0.890. The van der Waals surface area contributed by atoms with E-state index in [0.29, 0.717) is 13.2 Å². The van der Waals surface area contributed by atoms with Gasteiger partial charge in [0.25, 0.3) is 0 Å². The molecule has 0 heterocycles. The van der Waals surface area contributed by atoms with E-state index in [1.54, 1.807) is 6.92 Å². The topological polar surface area (TPSA) is 58.6 Å². The van der Waals surface area contributed by atoms with Crippen LogP contribution in [0.2, 0.25) is 0 Å². The van der Waals surface area contributed by atoms with Gasteiger partial charge in [0.1, 0.15) is 0 Å². The molecule has 0 radical (unpaired) electrons. The summed E-state index contributed by atoms with van der Waals surface area (Å²) in [5.41, 5.74) is 0.824. The Balaban J connectivity index is 1.88. The Labute approximate surface area is 90.3 Å². The van der Waals surface area contributed by atoms with E-state index in [4.69, 9.17) is 9.84 Å². The van der Waals surface area contributed by atoms with Crippen LogP contribution in [0.15, 0.2) is 11.6 Å². The van der Waals surface area contributed by atoms with Crippen molar-refractivity contribution in [2.45, 2.75) is 19.8 Å². The van der Waals surface area contributed by atoms with Gasteiger partial charge in [-0.15, -0.1) is 0 Å². The monoisotopic (exact) mass is 213 g/mol. The zero-order valence-corrected chi connectivity index (χ0v) is 9.16. The lowest BCUT2D eigenvalue weighted by atomic mass is 10.3. The molecular formula is C11H19NO3. The van der Waals surface area contributed by atoms with E-state index in [-0.39, 0.29) is 0 Å². The SMILES string of the molecule is CC(=CC(=O)O)CNCCOCC1CC1. The smallest absolute Gasteiger partial charge is 0.328 e. The van der Waals surface area contributed by atoms with Crippen molar-refractivity contribution in [3.63, 3.8) is 0 Å². The highest BCUT2D eigenvalue weighted by Crippen LogP contribution is 2.28. The van der Waals surface area contributed by atoms with E-state index >= 15 is 0 Å². The van der Waals surface area contributed by atoms with Gasteiger partial charge in [-0.1, -0.05) is 5.57 Å². The first-order valence-corrected chi connectivity index (χ1v) is 5.37. The van der Waals surface area contributed by atoms with Crippen molar-refractivity contribution in [2.24, 2.45) is 5.92 Å². The van der Waals surface area contributed by atoms with Crippen molar-refractivity contribution in [3.05, 3.63) is 11.6 Å². The first-order chi connectivity index (χ1) is 7.18. The number of carboxylic acid groups (broad SMARTS) is 1. The second-order valence-electron chi connectivity index (χ2n) is 4.02. The average molecular weight is 213 g/mol. The highest BCUT2D eigenvalue weighted by molar-refractivity contribution is 5.80. The van der Waals surface area contributed by atoms with Crippen LogP contribution >= 0.6 is 0 Å². The van der Waals surface area contributed by atoms with Crippen LogP contribution in [0, 0.1) is 5.92 Å². The number of rotatable bonds is 8. The van der Waals surface area contributed by atoms with Crippen molar-refractivity contribution >= 4 is 5.97 Å². The van der Waals surface area contributed by atoms with Gasteiger partial charge in [0.15, 0.2) is 0 Å². The predicted octanol–water partition coefficient (Wildman–Crippen LogP) is 1.03. The lowest BCUT2D eigenvalue weighted by Gasteiger charge is -2.05. The largest absolute Gasteiger partial charge is 0.478 e. The molecule has 0 spiro atoms. The van der Waals surface area contributed by atoms with Crippen LogP contribution < -0.4 is 5.32 Å². The molecule has 0 unspecified atom stereocenters. The van der Waals surface area contributed by atoms with Crippen molar-refractivity contribution in [3.8, 4) is 0 Å². The van der Waals surface area contributed by atoms with Gasteiger partial charge in [0.05, 0.1) is 6.61 Å². The molecule has 0 saturated heterocycles. The molecular weight excluding hydrogens is 194 g/mol. The summed E-state index contributed by atoms with van der Waals surface area (Å²) in [5, 5.41) is 11.6. The van der Waals surface area contributed by atoms with Crippen LogP contribution in [-0.4, -0.2) is 37.4 Å². The minimum absolute atomic E-state index is 0.610. The Kier molecular flexibility index (Phi) is 5.36. The summed E-state index contributed by atoms with van der Waals surface area (Å²) < 4.78 is 5.42. The minimum Gasteiger partial charge on any atom is -0.478 e. The Morgan fingerprint density at radius 1 is 1.60 bits per heavy atom. The molecule has 0 aliphatic heterocycles. The molecule has 0 amide bonds. The number of carbonyl (C=O) groups is 1. The summed E-state index contributed by atoms with van der Waals surface area (Å²) in [7, 11) is 0. The molecule has 1 rings (SSSR count). The van der Waals surface area contributed by atoms with Crippen LogP contribution in [0.4, 0.5) is 0 Å². The quantitative estimate of drug-likeness (QED) is 0.467. The molecule has 1 aliphatic rings. The molecule has 1 saturated carbocycles. The number of carboxylic acids is 1. The van der Waals surface area contributed by atoms with E-state index in [0.717, 1.165) is 24.6 Å². The zero-order valence-electron chi connectivity index (χ0n) is 9.16. The molecule has 15 heavy (non-hydrogen) atoms. The van der Waals surface area contributed by atoms with E-state index < -0.39 is 5.97 Å². The van der Waals surface area contributed by atoms with Gasteiger partial charge < -0.3 is 15.2 Å². The fraction of sp³-hybridized carbons (Fsp3) is 0.727. The number of hydrogen-bond donors (Lipinski definition) is 2. The first-order valence-electron chi connectivity index (χ1n) is 5.37. The standard InChI is InChI=1S/C11H19NO3/c1-9(6-11(13)14)7-12-4-5-15-8-10-2-3-10/h6,10,12H,2-5,7-8H2,1H3,(H,13,14). The average Bonchev–Trinajstić information content (AvgIpc) is 2.93. The Morgan fingerprint density at radius 2 is 2.33 bits per heavy atom. The fourth-order valence-corrected chi connectivity index (χ4v) is 1.23. The number of aliphatic carboxylic acids is 1. The fourth-order valence-electron chi connectivity index (χ4n) is 1.23. The highest BCUT2D eigenvalue weighted by Gasteiger charge is 2.20. The van der Waals surface area contributed by atoms with Crippen LogP contribution in [-0.2, 0) is 9.53 Å². The lowest BCUT2D eigenvalue weighted by Crippen LogP contribution is -2.22. The Morgan fingerprint density at radius 3 is 2.93 bits per heavy atom. The van der Waals surface area contributed by atoms with Crippen LogP contribution in [0.3, 0.4) is 0 Å². The number of nitrogens with one attached hydrogen (secondary N) is 1. The molecule has 4 nitrogen and oxygen atoms in total. The molecule has 1 fully saturated rings. The first kappa shape index (κ1) is 12.2. The van der Waals surface area contributed by atoms with E-state index in [1.165, 1.54) is 18.9 Å². The molecule has 4 heteroatoms. The van der Waals surface area contributed by atoms with Crippen molar-refractivity contribution in [2.75, 3.05) is 26.3 Å². The van der Waals surface area contributed by atoms with Crippen LogP contribution in [0.5, 0.6) is 0 Å². The third kappa shape index (κ3) is 7.11. The second kappa shape index (κ2) is 6.58. The maximum Gasteiger partial charge on any atom is 0.328 e. The highest BCUT2D eigenvalue weighted by atomic mass is 16.5. The van der Waals surface area contributed by atoms with Gasteiger partial charge in [-0.25, -0.2) is 4.79 Å². The third-order valence-corrected chi connectivity index (χ3v) is 2.25. The van der Waals surface area contributed by atoms with Crippen LogP contribution in [0.25, 0.3) is 0 Å². The van der Waals surface area contributed by atoms with Gasteiger partial charge in [0, 0.05) is 25.8 Å². The van der Waals surface area contributed by atoms with Crippen molar-refractivity contribution < 1.29 is 14.6 Å².